The number of carbonyl (C=O) groups excluding carboxylic acids is 1. The molecule has 0 spiro atoms. The highest BCUT2D eigenvalue weighted by atomic mass is 19.1. The first-order valence-electron chi connectivity index (χ1n) is 10.4. The summed E-state index contributed by atoms with van der Waals surface area (Å²) in [6.07, 6.45) is 7.80. The van der Waals surface area contributed by atoms with Gasteiger partial charge in [0.2, 0.25) is 0 Å². The number of ketones is 1. The van der Waals surface area contributed by atoms with E-state index in [4.69, 9.17) is 0 Å². The number of benzene rings is 2. The summed E-state index contributed by atoms with van der Waals surface area (Å²) in [5, 5.41) is 0. The fourth-order valence-electron chi connectivity index (χ4n) is 3.92. The summed E-state index contributed by atoms with van der Waals surface area (Å²) < 4.78 is 15.4. The zero-order chi connectivity index (χ0) is 20.9. The van der Waals surface area contributed by atoms with Crippen molar-refractivity contribution in [2.75, 3.05) is 19.6 Å². The Morgan fingerprint density at radius 3 is 2.50 bits per heavy atom. The minimum absolute atomic E-state index is 0.0727. The van der Waals surface area contributed by atoms with Crippen LogP contribution in [0.25, 0.3) is 6.08 Å². The second kappa shape index (κ2) is 9.18. The maximum Gasteiger partial charge on any atom is 0.176 e. The van der Waals surface area contributed by atoms with E-state index in [0.29, 0.717) is 6.54 Å². The number of halogens is 1. The van der Waals surface area contributed by atoms with E-state index in [1.165, 1.54) is 17.7 Å². The van der Waals surface area contributed by atoms with Crippen LogP contribution in [0, 0.1) is 5.82 Å². The zero-order valence-electron chi connectivity index (χ0n) is 17.2. The van der Waals surface area contributed by atoms with Gasteiger partial charge in [0.25, 0.3) is 0 Å². The Labute approximate surface area is 176 Å². The molecule has 4 nitrogen and oxygen atoms in total. The highest BCUT2D eigenvalue weighted by Gasteiger charge is 2.18. The minimum atomic E-state index is -0.226. The molecule has 1 fully saturated rings. The monoisotopic (exact) mass is 403 g/mol. The molecule has 4 rings (SSSR count). The number of Topliss-reactive ketones (excluding diaryl/α,β-unsaturated/α-hetero) is 1. The number of piperidine rings is 1. The van der Waals surface area contributed by atoms with Crippen molar-refractivity contribution in [3.8, 4) is 0 Å². The summed E-state index contributed by atoms with van der Waals surface area (Å²) in [4.78, 5) is 19.0. The first-order chi connectivity index (χ1) is 14.6. The van der Waals surface area contributed by atoms with E-state index in [1.807, 2.05) is 55.0 Å². The van der Waals surface area contributed by atoms with E-state index < -0.39 is 0 Å². The van der Waals surface area contributed by atoms with Crippen LogP contribution >= 0.6 is 0 Å². The largest absolute Gasteiger partial charge is 0.324 e. The van der Waals surface area contributed by atoms with Crippen LogP contribution in [0.3, 0.4) is 0 Å². The van der Waals surface area contributed by atoms with E-state index in [2.05, 4.69) is 27.5 Å². The standard InChI is InChI=1S/C25H26FN3O/c1-19(21-7-9-23(26)10-8-21)29-18-27-16-24(29)15-20-11-13-28(14-12-20)17-25(30)22-5-3-2-4-6-22/h2-10,15-16,18-19H,11-14,17H2,1H3/t19-/m1/s1. The van der Waals surface area contributed by atoms with E-state index in [-0.39, 0.29) is 17.6 Å². The normalized spacial score (nSPS) is 15.7. The lowest BCUT2D eigenvalue weighted by molar-refractivity contribution is 0.0925. The van der Waals surface area contributed by atoms with Gasteiger partial charge in [-0.3, -0.25) is 9.69 Å². The van der Waals surface area contributed by atoms with Gasteiger partial charge in [-0.2, -0.15) is 0 Å². The summed E-state index contributed by atoms with van der Waals surface area (Å²) in [6.45, 7) is 4.32. The van der Waals surface area contributed by atoms with E-state index in [1.54, 1.807) is 0 Å². The fraction of sp³-hybridized carbons (Fsp3) is 0.280. The SMILES string of the molecule is C[C@H](c1ccc(F)cc1)n1cncc1C=C1CCN(CC(=O)c2ccccc2)CC1. The van der Waals surface area contributed by atoms with Crippen LogP contribution in [0.2, 0.25) is 0 Å². The number of hydrogen-bond donors (Lipinski definition) is 0. The van der Waals surface area contributed by atoms with Gasteiger partial charge in [0.15, 0.2) is 5.78 Å². The summed E-state index contributed by atoms with van der Waals surface area (Å²) in [5.74, 6) is -0.0503. The number of imidazole rings is 1. The van der Waals surface area contributed by atoms with Gasteiger partial charge in [0.1, 0.15) is 5.82 Å². The molecule has 1 saturated heterocycles. The molecule has 1 atom stereocenters. The average Bonchev–Trinajstić information content (AvgIpc) is 3.24. The molecular weight excluding hydrogens is 377 g/mol. The molecule has 0 amide bonds. The highest BCUT2D eigenvalue weighted by molar-refractivity contribution is 5.97. The summed E-state index contributed by atoms with van der Waals surface area (Å²) >= 11 is 0. The molecule has 1 aromatic heterocycles. The number of rotatable bonds is 6. The number of hydrogen-bond acceptors (Lipinski definition) is 3. The lowest BCUT2D eigenvalue weighted by atomic mass is 10.0. The van der Waals surface area contributed by atoms with Gasteiger partial charge in [-0.25, -0.2) is 9.37 Å². The third-order valence-corrected chi connectivity index (χ3v) is 5.78. The van der Waals surface area contributed by atoms with E-state index >= 15 is 0 Å². The topological polar surface area (TPSA) is 38.1 Å². The van der Waals surface area contributed by atoms with Crippen molar-refractivity contribution in [1.29, 1.82) is 0 Å². The summed E-state index contributed by atoms with van der Waals surface area (Å²) in [6, 6.07) is 16.2. The Morgan fingerprint density at radius 2 is 1.80 bits per heavy atom. The van der Waals surface area contributed by atoms with Crippen molar-refractivity contribution in [1.82, 2.24) is 14.5 Å². The quantitative estimate of drug-likeness (QED) is 0.544. The van der Waals surface area contributed by atoms with Gasteiger partial charge >= 0.3 is 0 Å². The van der Waals surface area contributed by atoms with Crippen LogP contribution in [0.5, 0.6) is 0 Å². The van der Waals surface area contributed by atoms with E-state index in [0.717, 1.165) is 42.8 Å². The lowest BCUT2D eigenvalue weighted by Gasteiger charge is -2.28. The van der Waals surface area contributed by atoms with Crippen molar-refractivity contribution in [2.24, 2.45) is 0 Å². The third kappa shape index (κ3) is 4.74. The van der Waals surface area contributed by atoms with Crippen LogP contribution in [-0.2, 0) is 0 Å². The number of carbonyl (C=O) groups is 1. The number of likely N-dealkylation sites (tertiary alicyclic amines) is 1. The average molecular weight is 404 g/mol. The molecule has 0 radical (unpaired) electrons. The molecular formula is C25H26FN3O. The molecule has 0 saturated carbocycles. The van der Waals surface area contributed by atoms with Crippen LogP contribution in [0.4, 0.5) is 4.39 Å². The Bertz CT molecular complexity index is 1010. The van der Waals surface area contributed by atoms with Crippen LogP contribution in [0.15, 0.2) is 72.7 Å². The van der Waals surface area contributed by atoms with Gasteiger partial charge in [0, 0.05) is 18.7 Å². The lowest BCUT2D eigenvalue weighted by Crippen LogP contribution is -2.35. The molecule has 2 heterocycles. The first-order valence-corrected chi connectivity index (χ1v) is 10.4. The highest BCUT2D eigenvalue weighted by Crippen LogP contribution is 2.24. The first kappa shape index (κ1) is 20.2. The molecule has 5 heteroatoms. The number of nitrogens with zero attached hydrogens (tertiary/aromatic N) is 3. The maximum atomic E-state index is 13.2. The Kier molecular flexibility index (Phi) is 6.19. The molecule has 1 aliphatic rings. The Hall–Kier alpha value is -3.05. The van der Waals surface area contributed by atoms with Crippen molar-refractivity contribution in [3.05, 3.63) is 95.3 Å². The second-order valence-corrected chi connectivity index (χ2v) is 7.82. The molecule has 2 aromatic carbocycles. The van der Waals surface area contributed by atoms with Crippen LogP contribution < -0.4 is 0 Å². The maximum absolute atomic E-state index is 13.2. The minimum Gasteiger partial charge on any atom is -0.324 e. The van der Waals surface area contributed by atoms with Crippen molar-refractivity contribution in [3.63, 3.8) is 0 Å². The molecule has 3 aromatic rings. The fourth-order valence-corrected chi connectivity index (χ4v) is 3.92. The Morgan fingerprint density at radius 1 is 1.10 bits per heavy atom. The smallest absolute Gasteiger partial charge is 0.176 e. The van der Waals surface area contributed by atoms with Crippen molar-refractivity contribution in [2.45, 2.75) is 25.8 Å². The van der Waals surface area contributed by atoms with Gasteiger partial charge in [0.05, 0.1) is 30.8 Å². The van der Waals surface area contributed by atoms with Crippen molar-refractivity contribution < 1.29 is 9.18 Å². The van der Waals surface area contributed by atoms with E-state index in [9.17, 15) is 9.18 Å². The van der Waals surface area contributed by atoms with Crippen molar-refractivity contribution >= 4 is 11.9 Å². The third-order valence-electron chi connectivity index (χ3n) is 5.78. The second-order valence-electron chi connectivity index (χ2n) is 7.82. The molecule has 0 bridgehead atoms. The van der Waals surface area contributed by atoms with Gasteiger partial charge in [-0.15, -0.1) is 0 Å². The Balaban J connectivity index is 1.39. The van der Waals surface area contributed by atoms with Crippen LogP contribution in [-0.4, -0.2) is 39.9 Å². The molecule has 0 N–H and O–H groups in total. The number of aromatic nitrogens is 2. The zero-order valence-corrected chi connectivity index (χ0v) is 17.2. The van der Waals surface area contributed by atoms with Gasteiger partial charge in [-0.1, -0.05) is 48.0 Å². The molecule has 154 valence electrons. The molecule has 0 aliphatic carbocycles. The molecule has 0 unspecified atom stereocenters. The van der Waals surface area contributed by atoms with Gasteiger partial charge < -0.3 is 4.57 Å². The molecule has 1 aliphatic heterocycles. The van der Waals surface area contributed by atoms with Crippen LogP contribution in [0.1, 0.15) is 47.4 Å². The predicted octanol–water partition coefficient (Wildman–Crippen LogP) is 4.99. The summed E-state index contributed by atoms with van der Waals surface area (Å²) in [5.41, 5.74) is 4.24. The predicted molar refractivity (Wildman–Crippen MR) is 117 cm³/mol. The molecule has 30 heavy (non-hydrogen) atoms. The van der Waals surface area contributed by atoms with Gasteiger partial charge in [-0.05, 0) is 43.5 Å². The summed E-state index contributed by atoms with van der Waals surface area (Å²) in [7, 11) is 0.